The van der Waals surface area contributed by atoms with Gasteiger partial charge < -0.3 is 4.74 Å². The highest BCUT2D eigenvalue weighted by molar-refractivity contribution is 7.98. The van der Waals surface area contributed by atoms with Gasteiger partial charge in [0.25, 0.3) is 0 Å². The van der Waals surface area contributed by atoms with Crippen molar-refractivity contribution >= 4 is 29.3 Å². The number of rotatable bonds is 5. The van der Waals surface area contributed by atoms with Crippen LogP contribution in [-0.4, -0.2) is 15.9 Å². The first kappa shape index (κ1) is 23.2. The van der Waals surface area contributed by atoms with E-state index in [1.165, 1.54) is 17.8 Å². The summed E-state index contributed by atoms with van der Waals surface area (Å²) in [6.07, 6.45) is 0. The monoisotopic (exact) mass is 458 g/mol. The number of carbonyl (C=O) groups is 1. The zero-order valence-corrected chi connectivity index (χ0v) is 19.7. The highest BCUT2D eigenvalue weighted by atomic mass is 35.5. The summed E-state index contributed by atoms with van der Waals surface area (Å²) in [5.41, 5.74) is 3.31. The average Bonchev–Trinajstić information content (AvgIpc) is 2.70. The molecule has 162 valence electrons. The minimum Gasteiger partial charge on any atom is -0.403 e. The Kier molecular flexibility index (Phi) is 7.02. The Hall–Kier alpha value is -2.44. The maximum atomic E-state index is 14.0. The van der Waals surface area contributed by atoms with Gasteiger partial charge in [0, 0.05) is 27.6 Å². The first-order valence-electron chi connectivity index (χ1n) is 9.80. The number of carbonyl (C=O) groups excluding carboxylic acids is 1. The summed E-state index contributed by atoms with van der Waals surface area (Å²) in [5, 5.41) is 0.731. The van der Waals surface area contributed by atoms with Crippen molar-refractivity contribution in [1.82, 2.24) is 9.97 Å². The van der Waals surface area contributed by atoms with Gasteiger partial charge in [-0.1, -0.05) is 62.3 Å². The van der Waals surface area contributed by atoms with E-state index in [4.69, 9.17) is 16.3 Å². The molecular weight excluding hydrogens is 435 g/mol. The molecule has 0 unspecified atom stereocenters. The van der Waals surface area contributed by atoms with Crippen LogP contribution in [0, 0.1) is 19.7 Å². The molecular formula is C24H24ClFN2O2S. The third-order valence-corrected chi connectivity index (χ3v) is 6.14. The molecule has 0 fully saturated rings. The lowest BCUT2D eigenvalue weighted by Crippen LogP contribution is -2.14. The molecule has 0 radical (unpaired) electrons. The van der Waals surface area contributed by atoms with E-state index in [1.807, 2.05) is 19.1 Å². The molecule has 0 N–H and O–H groups in total. The maximum Gasteiger partial charge on any atom is 0.344 e. The largest absolute Gasteiger partial charge is 0.403 e. The van der Waals surface area contributed by atoms with Gasteiger partial charge in [-0.3, -0.25) is 0 Å². The van der Waals surface area contributed by atoms with Gasteiger partial charge in [0.15, 0.2) is 5.16 Å². The van der Waals surface area contributed by atoms with E-state index in [1.54, 1.807) is 31.2 Å². The van der Waals surface area contributed by atoms with Gasteiger partial charge in [0.2, 0.25) is 5.88 Å². The van der Waals surface area contributed by atoms with Crippen LogP contribution in [0.25, 0.3) is 0 Å². The minimum atomic E-state index is -0.491. The Balaban J connectivity index is 1.78. The van der Waals surface area contributed by atoms with Crippen molar-refractivity contribution in [2.75, 3.05) is 0 Å². The van der Waals surface area contributed by atoms with Crippen LogP contribution in [0.4, 0.5) is 4.39 Å². The van der Waals surface area contributed by atoms with Crippen LogP contribution < -0.4 is 4.74 Å². The molecule has 0 aliphatic heterocycles. The summed E-state index contributed by atoms with van der Waals surface area (Å²) in [5.74, 6) is -0.418. The second kappa shape index (κ2) is 9.37. The third kappa shape index (κ3) is 5.63. The number of hydrogen-bond donors (Lipinski definition) is 0. The second-order valence-electron chi connectivity index (χ2n) is 8.23. The van der Waals surface area contributed by atoms with E-state index in [0.717, 1.165) is 5.56 Å². The van der Waals surface area contributed by atoms with Crippen molar-refractivity contribution < 1.29 is 13.9 Å². The Morgan fingerprint density at radius 3 is 2.39 bits per heavy atom. The van der Waals surface area contributed by atoms with Crippen LogP contribution in [0.1, 0.15) is 53.5 Å². The highest BCUT2D eigenvalue weighted by Crippen LogP contribution is 2.29. The summed E-state index contributed by atoms with van der Waals surface area (Å²) >= 11 is 7.32. The van der Waals surface area contributed by atoms with Crippen molar-refractivity contribution in [2.45, 2.75) is 50.9 Å². The van der Waals surface area contributed by atoms with Crippen molar-refractivity contribution in [1.29, 1.82) is 0 Å². The van der Waals surface area contributed by atoms with Crippen molar-refractivity contribution in [2.24, 2.45) is 0 Å². The molecule has 31 heavy (non-hydrogen) atoms. The summed E-state index contributed by atoms with van der Waals surface area (Å²) in [6, 6.07) is 11.9. The average molecular weight is 459 g/mol. The van der Waals surface area contributed by atoms with Gasteiger partial charge in [-0.15, -0.1) is 0 Å². The van der Waals surface area contributed by atoms with Crippen molar-refractivity contribution in [3.05, 3.63) is 81.3 Å². The van der Waals surface area contributed by atoms with Gasteiger partial charge in [-0.05, 0) is 49.1 Å². The van der Waals surface area contributed by atoms with Gasteiger partial charge in [-0.2, -0.15) is 4.98 Å². The van der Waals surface area contributed by atoms with Gasteiger partial charge in [0.1, 0.15) is 5.82 Å². The fourth-order valence-electron chi connectivity index (χ4n) is 2.80. The van der Waals surface area contributed by atoms with Crippen LogP contribution in [-0.2, 0) is 11.2 Å². The Morgan fingerprint density at radius 1 is 1.10 bits per heavy atom. The third-order valence-electron chi connectivity index (χ3n) is 4.91. The quantitative estimate of drug-likeness (QED) is 0.242. The van der Waals surface area contributed by atoms with Crippen molar-refractivity contribution in [3.63, 3.8) is 0 Å². The zero-order chi connectivity index (χ0) is 22.8. The molecule has 0 aliphatic rings. The number of thioether (sulfide) groups is 1. The summed E-state index contributed by atoms with van der Waals surface area (Å²) < 4.78 is 19.6. The first-order chi connectivity index (χ1) is 14.6. The van der Waals surface area contributed by atoms with Gasteiger partial charge in [0.05, 0.1) is 5.56 Å². The molecule has 0 saturated heterocycles. The molecule has 0 saturated carbocycles. The number of benzene rings is 2. The molecule has 1 heterocycles. The number of nitrogens with zero attached hydrogens (tertiary/aromatic N) is 2. The van der Waals surface area contributed by atoms with E-state index in [9.17, 15) is 9.18 Å². The van der Waals surface area contributed by atoms with E-state index >= 15 is 0 Å². The molecule has 0 spiro atoms. The smallest absolute Gasteiger partial charge is 0.344 e. The Morgan fingerprint density at radius 2 is 1.77 bits per heavy atom. The number of aryl methyl sites for hydroxylation is 1. The molecule has 0 amide bonds. The molecule has 7 heteroatoms. The number of aromatic nitrogens is 2. The number of esters is 1. The minimum absolute atomic E-state index is 0.00393. The first-order valence-corrected chi connectivity index (χ1v) is 11.2. The standard InChI is InChI=1S/C24H24ClFN2O2S/c1-14-15(2)27-23(31-13-18-19(25)7-6-8-20(18)26)28-21(14)30-22(29)16-9-11-17(12-10-16)24(3,4)5/h6-12H,13H2,1-5H3. The SMILES string of the molecule is Cc1nc(SCc2c(F)cccc2Cl)nc(OC(=O)c2ccc(C(C)(C)C)cc2)c1C. The summed E-state index contributed by atoms with van der Waals surface area (Å²) in [7, 11) is 0. The number of ether oxygens (including phenoxy) is 1. The van der Waals surface area contributed by atoms with Crippen LogP contribution in [0.15, 0.2) is 47.6 Å². The normalized spacial score (nSPS) is 11.5. The zero-order valence-electron chi connectivity index (χ0n) is 18.1. The fraction of sp³-hybridized carbons (Fsp3) is 0.292. The van der Waals surface area contributed by atoms with E-state index < -0.39 is 5.97 Å². The molecule has 1 aromatic heterocycles. The van der Waals surface area contributed by atoms with Crippen LogP contribution in [0.2, 0.25) is 5.02 Å². The summed E-state index contributed by atoms with van der Waals surface area (Å²) in [4.78, 5) is 21.5. The van der Waals surface area contributed by atoms with E-state index in [2.05, 4.69) is 30.7 Å². The second-order valence-corrected chi connectivity index (χ2v) is 9.58. The Labute approximate surface area is 191 Å². The molecule has 4 nitrogen and oxygen atoms in total. The number of hydrogen-bond acceptors (Lipinski definition) is 5. The molecule has 0 bridgehead atoms. The lowest BCUT2D eigenvalue weighted by Gasteiger charge is -2.19. The summed E-state index contributed by atoms with van der Waals surface area (Å²) in [6.45, 7) is 9.94. The predicted molar refractivity (Wildman–Crippen MR) is 123 cm³/mol. The van der Waals surface area contributed by atoms with Crippen LogP contribution in [0.5, 0.6) is 5.88 Å². The van der Waals surface area contributed by atoms with Crippen LogP contribution >= 0.6 is 23.4 Å². The molecule has 3 rings (SSSR count). The lowest BCUT2D eigenvalue weighted by molar-refractivity contribution is 0.0724. The maximum absolute atomic E-state index is 14.0. The van der Waals surface area contributed by atoms with Crippen LogP contribution in [0.3, 0.4) is 0 Å². The predicted octanol–water partition coefficient (Wildman–Crippen LogP) is 6.69. The highest BCUT2D eigenvalue weighted by Gasteiger charge is 2.18. The topological polar surface area (TPSA) is 52.1 Å². The molecule has 0 aliphatic carbocycles. The van der Waals surface area contributed by atoms with E-state index in [-0.39, 0.29) is 22.9 Å². The fourth-order valence-corrected chi connectivity index (χ4v) is 4.03. The van der Waals surface area contributed by atoms with Crippen molar-refractivity contribution in [3.8, 4) is 5.88 Å². The lowest BCUT2D eigenvalue weighted by atomic mass is 9.87. The Bertz CT molecular complexity index is 1090. The molecule has 3 aromatic rings. The van der Waals surface area contributed by atoms with Gasteiger partial charge in [-0.25, -0.2) is 14.2 Å². The number of halogens is 2. The molecule has 2 aromatic carbocycles. The molecule has 0 atom stereocenters. The van der Waals surface area contributed by atoms with E-state index in [0.29, 0.717) is 32.6 Å². The van der Waals surface area contributed by atoms with Gasteiger partial charge >= 0.3 is 5.97 Å².